The molecule has 1 unspecified atom stereocenters. The first-order valence-corrected chi connectivity index (χ1v) is 6.20. The molecule has 0 radical (unpaired) electrons. The van der Waals surface area contributed by atoms with Crippen molar-refractivity contribution in [1.29, 1.82) is 0 Å². The lowest BCUT2D eigenvalue weighted by molar-refractivity contribution is 0.0952. The van der Waals surface area contributed by atoms with Crippen LogP contribution >= 0.6 is 23.2 Å². The van der Waals surface area contributed by atoms with Crippen molar-refractivity contribution in [1.82, 2.24) is 5.32 Å². The number of amides is 1. The minimum Gasteiger partial charge on any atom is -0.352 e. The van der Waals surface area contributed by atoms with E-state index in [1.165, 1.54) is 18.2 Å². The van der Waals surface area contributed by atoms with Gasteiger partial charge in [0.25, 0.3) is 5.91 Å². The van der Waals surface area contributed by atoms with Gasteiger partial charge in [-0.25, -0.2) is 4.39 Å². The normalized spacial score (nSPS) is 12.2. The fraction of sp³-hybridized carbons (Fsp3) is 0.417. The van der Waals surface area contributed by atoms with Crippen LogP contribution in [0.4, 0.5) is 4.39 Å². The monoisotopic (exact) mass is 277 g/mol. The van der Waals surface area contributed by atoms with Crippen LogP contribution in [-0.4, -0.2) is 17.8 Å². The minimum absolute atomic E-state index is 0.0876. The molecule has 1 aromatic carbocycles. The highest BCUT2D eigenvalue weighted by molar-refractivity contribution is 6.34. The number of benzene rings is 1. The molecule has 0 aliphatic carbocycles. The van der Waals surface area contributed by atoms with Gasteiger partial charge >= 0.3 is 0 Å². The SMILES string of the molecule is CC(Cl)CCCNC(=O)c1cccc(F)c1Cl. The van der Waals surface area contributed by atoms with Crippen LogP contribution in [0.15, 0.2) is 18.2 Å². The topological polar surface area (TPSA) is 29.1 Å². The highest BCUT2D eigenvalue weighted by atomic mass is 35.5. The van der Waals surface area contributed by atoms with Gasteiger partial charge in [0.1, 0.15) is 5.82 Å². The van der Waals surface area contributed by atoms with Crippen LogP contribution in [0.1, 0.15) is 30.1 Å². The molecule has 0 aromatic heterocycles. The molecule has 0 saturated carbocycles. The number of hydrogen-bond donors (Lipinski definition) is 1. The van der Waals surface area contributed by atoms with Gasteiger partial charge in [0.15, 0.2) is 0 Å². The van der Waals surface area contributed by atoms with Gasteiger partial charge in [-0.2, -0.15) is 0 Å². The van der Waals surface area contributed by atoms with E-state index >= 15 is 0 Å². The number of rotatable bonds is 5. The summed E-state index contributed by atoms with van der Waals surface area (Å²) in [5.41, 5.74) is 0.158. The molecule has 1 N–H and O–H groups in total. The second-order valence-corrected chi connectivity index (χ2v) is 4.90. The Balaban J connectivity index is 2.50. The van der Waals surface area contributed by atoms with E-state index in [0.717, 1.165) is 12.8 Å². The maximum atomic E-state index is 13.1. The van der Waals surface area contributed by atoms with Gasteiger partial charge in [-0.3, -0.25) is 4.79 Å². The van der Waals surface area contributed by atoms with Gasteiger partial charge in [0.2, 0.25) is 0 Å². The predicted octanol–water partition coefficient (Wildman–Crippen LogP) is 3.62. The molecule has 2 nitrogen and oxygen atoms in total. The van der Waals surface area contributed by atoms with Gasteiger partial charge < -0.3 is 5.32 Å². The average Bonchev–Trinajstić information content (AvgIpc) is 2.27. The molecule has 0 bridgehead atoms. The molecular weight excluding hydrogens is 264 g/mol. The van der Waals surface area contributed by atoms with Gasteiger partial charge in [-0.1, -0.05) is 17.7 Å². The Morgan fingerprint density at radius 3 is 2.88 bits per heavy atom. The standard InChI is InChI=1S/C12H14Cl2FNO/c1-8(13)4-3-7-16-12(17)9-5-2-6-10(15)11(9)14/h2,5-6,8H,3-4,7H2,1H3,(H,16,17). The zero-order valence-corrected chi connectivity index (χ0v) is 11.0. The zero-order valence-electron chi connectivity index (χ0n) is 9.47. The van der Waals surface area contributed by atoms with E-state index in [0.29, 0.717) is 6.54 Å². The Kier molecular flexibility index (Phi) is 5.72. The summed E-state index contributed by atoms with van der Waals surface area (Å²) in [4.78, 5) is 11.7. The van der Waals surface area contributed by atoms with Gasteiger partial charge in [0, 0.05) is 11.9 Å². The third kappa shape index (κ3) is 4.52. The van der Waals surface area contributed by atoms with Crippen molar-refractivity contribution < 1.29 is 9.18 Å². The Hall–Kier alpha value is -0.800. The van der Waals surface area contributed by atoms with Crippen LogP contribution in [-0.2, 0) is 0 Å². The van der Waals surface area contributed by atoms with E-state index < -0.39 is 5.82 Å². The summed E-state index contributed by atoms with van der Waals surface area (Å²) in [6, 6.07) is 4.16. The van der Waals surface area contributed by atoms with E-state index in [2.05, 4.69) is 5.32 Å². The van der Waals surface area contributed by atoms with Crippen molar-refractivity contribution >= 4 is 29.1 Å². The summed E-state index contributed by atoms with van der Waals surface area (Å²) in [5.74, 6) is -0.953. The molecular formula is C12H14Cl2FNO. The number of hydrogen-bond acceptors (Lipinski definition) is 1. The molecule has 17 heavy (non-hydrogen) atoms. The largest absolute Gasteiger partial charge is 0.352 e. The molecule has 0 heterocycles. The maximum Gasteiger partial charge on any atom is 0.252 e. The highest BCUT2D eigenvalue weighted by Crippen LogP contribution is 2.19. The van der Waals surface area contributed by atoms with Crippen molar-refractivity contribution in [3.05, 3.63) is 34.6 Å². The number of nitrogens with one attached hydrogen (secondary N) is 1. The summed E-state index contributed by atoms with van der Waals surface area (Å²) in [6.07, 6.45) is 1.60. The summed E-state index contributed by atoms with van der Waals surface area (Å²) in [7, 11) is 0. The molecule has 0 fully saturated rings. The van der Waals surface area contributed by atoms with E-state index in [1.54, 1.807) is 0 Å². The molecule has 1 aromatic rings. The molecule has 0 aliphatic rings. The lowest BCUT2D eigenvalue weighted by Gasteiger charge is -2.07. The van der Waals surface area contributed by atoms with Crippen molar-refractivity contribution in [2.24, 2.45) is 0 Å². The Bertz CT molecular complexity index is 396. The number of alkyl halides is 1. The first-order chi connectivity index (χ1) is 8.02. The fourth-order valence-corrected chi connectivity index (χ4v) is 1.73. The maximum absolute atomic E-state index is 13.1. The van der Waals surface area contributed by atoms with E-state index in [9.17, 15) is 9.18 Å². The van der Waals surface area contributed by atoms with E-state index in [4.69, 9.17) is 23.2 Å². The third-order valence-electron chi connectivity index (χ3n) is 2.26. The summed E-state index contributed by atoms with van der Waals surface area (Å²) in [5, 5.41) is 2.62. The van der Waals surface area contributed by atoms with Crippen LogP contribution in [0.5, 0.6) is 0 Å². The first kappa shape index (κ1) is 14.3. The van der Waals surface area contributed by atoms with Gasteiger partial charge in [0.05, 0.1) is 10.6 Å². The Morgan fingerprint density at radius 2 is 2.24 bits per heavy atom. The number of carbonyl (C=O) groups is 1. The van der Waals surface area contributed by atoms with Crippen molar-refractivity contribution in [3.8, 4) is 0 Å². The summed E-state index contributed by atoms with van der Waals surface area (Å²) in [6.45, 7) is 2.40. The van der Waals surface area contributed by atoms with Crippen LogP contribution in [0.2, 0.25) is 5.02 Å². The van der Waals surface area contributed by atoms with Crippen LogP contribution in [0.3, 0.4) is 0 Å². The predicted molar refractivity (Wildman–Crippen MR) is 68.3 cm³/mol. The van der Waals surface area contributed by atoms with Crippen molar-refractivity contribution in [2.75, 3.05) is 6.54 Å². The molecule has 0 spiro atoms. The molecule has 1 atom stereocenters. The van der Waals surface area contributed by atoms with Crippen LogP contribution in [0.25, 0.3) is 0 Å². The lowest BCUT2D eigenvalue weighted by Crippen LogP contribution is -2.25. The zero-order chi connectivity index (χ0) is 12.8. The van der Waals surface area contributed by atoms with Crippen molar-refractivity contribution in [2.45, 2.75) is 25.1 Å². The van der Waals surface area contributed by atoms with Crippen LogP contribution in [0, 0.1) is 5.82 Å². The third-order valence-corrected chi connectivity index (χ3v) is 2.86. The average molecular weight is 278 g/mol. The van der Waals surface area contributed by atoms with Crippen molar-refractivity contribution in [3.63, 3.8) is 0 Å². The Morgan fingerprint density at radius 1 is 1.53 bits per heavy atom. The Labute approximate surface area is 110 Å². The summed E-state index contributed by atoms with van der Waals surface area (Å²) < 4.78 is 13.1. The molecule has 1 rings (SSSR count). The second kappa shape index (κ2) is 6.82. The molecule has 0 aliphatic heterocycles. The van der Waals surface area contributed by atoms with Gasteiger partial charge in [-0.15, -0.1) is 11.6 Å². The lowest BCUT2D eigenvalue weighted by atomic mass is 10.2. The van der Waals surface area contributed by atoms with Gasteiger partial charge in [-0.05, 0) is 31.9 Å². The highest BCUT2D eigenvalue weighted by Gasteiger charge is 2.12. The minimum atomic E-state index is -0.589. The number of carbonyl (C=O) groups excluding carboxylic acids is 1. The summed E-state index contributed by atoms with van der Waals surface area (Å²) >= 11 is 11.5. The van der Waals surface area contributed by atoms with E-state index in [-0.39, 0.29) is 21.9 Å². The van der Waals surface area contributed by atoms with Crippen LogP contribution < -0.4 is 5.32 Å². The molecule has 1 amide bonds. The smallest absolute Gasteiger partial charge is 0.252 e. The quantitative estimate of drug-likeness (QED) is 0.647. The van der Waals surface area contributed by atoms with E-state index in [1.807, 2.05) is 6.92 Å². The fourth-order valence-electron chi connectivity index (χ4n) is 1.36. The second-order valence-electron chi connectivity index (χ2n) is 3.78. The number of halogens is 3. The molecule has 5 heteroatoms. The molecule has 94 valence electrons. The first-order valence-electron chi connectivity index (χ1n) is 5.38. The molecule has 0 saturated heterocycles.